The first-order valence-corrected chi connectivity index (χ1v) is 20.0. The second-order valence-corrected chi connectivity index (χ2v) is 19.0. The fourth-order valence-corrected chi connectivity index (χ4v) is 10.8. The Labute approximate surface area is 322 Å². The molecule has 0 saturated carbocycles. The number of anilines is 5. The van der Waals surface area contributed by atoms with Crippen molar-refractivity contribution in [2.75, 3.05) is 10.2 Å². The number of nitrogens with one attached hydrogen (secondary N) is 1. The molecule has 0 fully saturated rings. The van der Waals surface area contributed by atoms with E-state index in [4.69, 9.17) is 0 Å². The molecule has 0 saturated heterocycles. The van der Waals surface area contributed by atoms with E-state index in [-0.39, 0.29) is 21.7 Å². The van der Waals surface area contributed by atoms with Crippen LogP contribution in [0.15, 0.2) is 109 Å². The van der Waals surface area contributed by atoms with Crippen LogP contribution in [0.3, 0.4) is 0 Å². The van der Waals surface area contributed by atoms with Crippen LogP contribution in [0.4, 0.5) is 28.4 Å². The lowest BCUT2D eigenvalue weighted by Crippen LogP contribution is -2.45. The van der Waals surface area contributed by atoms with Crippen molar-refractivity contribution in [3.8, 4) is 22.3 Å². The smallest absolute Gasteiger partial charge is 0.198 e. The van der Waals surface area contributed by atoms with Crippen LogP contribution in [0.5, 0.6) is 0 Å². The maximum atomic E-state index is 4.17. The van der Waals surface area contributed by atoms with Gasteiger partial charge in [-0.05, 0) is 110 Å². The molecule has 2 aliphatic carbocycles. The standard InChI is InChI=1S/C51H51BN2/c1-30-27-34(45-43(28-30)54-42-20-13-12-17-37(42)51(8,9)39-18-14-19-41(52-45)47(39)54)32-22-24-38-44(33-15-10-11-16-35(33)50(38,6)7)46(32)53-31-21-23-36-40(29-31)49(4,5)26-25-48(36,2)3/h10-24,27-29,52-53H,25-26H2,1-9H3. The molecule has 0 radical (unpaired) electrons. The number of hydrogen-bond acceptors (Lipinski definition) is 2. The van der Waals surface area contributed by atoms with Crippen LogP contribution >= 0.6 is 0 Å². The van der Waals surface area contributed by atoms with E-state index < -0.39 is 0 Å². The van der Waals surface area contributed by atoms with Gasteiger partial charge in [0.05, 0.1) is 11.4 Å². The molecule has 2 aliphatic heterocycles. The second-order valence-electron chi connectivity index (χ2n) is 19.0. The number of benzene rings is 6. The van der Waals surface area contributed by atoms with Crippen LogP contribution in [0.1, 0.15) is 107 Å². The summed E-state index contributed by atoms with van der Waals surface area (Å²) >= 11 is 0. The van der Waals surface area contributed by atoms with Crippen LogP contribution in [0, 0.1) is 6.92 Å². The molecule has 6 aromatic rings. The predicted molar refractivity (Wildman–Crippen MR) is 232 cm³/mol. The summed E-state index contributed by atoms with van der Waals surface area (Å²) in [6, 6.07) is 42.1. The molecule has 4 aliphatic rings. The Hall–Kier alpha value is -5.02. The van der Waals surface area contributed by atoms with Crippen molar-refractivity contribution in [3.05, 3.63) is 148 Å². The molecule has 6 aromatic carbocycles. The van der Waals surface area contributed by atoms with Gasteiger partial charge in [0.2, 0.25) is 0 Å². The average Bonchev–Trinajstić information content (AvgIpc) is 3.38. The van der Waals surface area contributed by atoms with Crippen molar-refractivity contribution < 1.29 is 0 Å². The van der Waals surface area contributed by atoms with E-state index in [1.165, 1.54) is 113 Å². The summed E-state index contributed by atoms with van der Waals surface area (Å²) in [5, 5.41) is 4.17. The first-order chi connectivity index (χ1) is 25.7. The third-order valence-electron chi connectivity index (χ3n) is 14.0. The van der Waals surface area contributed by atoms with E-state index in [0.717, 1.165) is 7.28 Å². The zero-order chi connectivity index (χ0) is 37.5. The Bertz CT molecular complexity index is 2580. The maximum absolute atomic E-state index is 4.17. The number of para-hydroxylation sites is 2. The summed E-state index contributed by atoms with van der Waals surface area (Å²) in [7, 11) is 0.892. The van der Waals surface area contributed by atoms with E-state index in [2.05, 4.69) is 182 Å². The highest BCUT2D eigenvalue weighted by Gasteiger charge is 2.43. The molecule has 54 heavy (non-hydrogen) atoms. The molecule has 0 atom stereocenters. The molecule has 1 N–H and O–H groups in total. The van der Waals surface area contributed by atoms with Gasteiger partial charge >= 0.3 is 0 Å². The summed E-state index contributed by atoms with van der Waals surface area (Å²) < 4.78 is 0. The molecule has 0 aromatic heterocycles. The first-order valence-electron chi connectivity index (χ1n) is 20.0. The topological polar surface area (TPSA) is 15.3 Å². The van der Waals surface area contributed by atoms with E-state index in [1.54, 1.807) is 0 Å². The Balaban J connectivity index is 1.23. The number of fused-ring (bicyclic) bond motifs is 8. The molecule has 268 valence electrons. The van der Waals surface area contributed by atoms with Crippen LogP contribution in [0.25, 0.3) is 22.3 Å². The van der Waals surface area contributed by atoms with E-state index in [1.807, 2.05) is 0 Å². The minimum absolute atomic E-state index is 0.0848. The lowest BCUT2D eigenvalue weighted by atomic mass is 9.55. The molecule has 0 bridgehead atoms. The minimum atomic E-state index is -0.103. The Morgan fingerprint density at radius 3 is 2.00 bits per heavy atom. The van der Waals surface area contributed by atoms with Gasteiger partial charge in [-0.15, -0.1) is 0 Å². The van der Waals surface area contributed by atoms with Crippen molar-refractivity contribution in [2.45, 2.75) is 96.8 Å². The van der Waals surface area contributed by atoms with Gasteiger partial charge in [-0.25, -0.2) is 0 Å². The van der Waals surface area contributed by atoms with E-state index >= 15 is 0 Å². The quantitative estimate of drug-likeness (QED) is 0.184. The largest absolute Gasteiger partial charge is 0.354 e. The molecular weight excluding hydrogens is 651 g/mol. The van der Waals surface area contributed by atoms with Gasteiger partial charge in [-0.3, -0.25) is 0 Å². The normalized spacial score (nSPS) is 18.3. The predicted octanol–water partition coefficient (Wildman–Crippen LogP) is 11.9. The van der Waals surface area contributed by atoms with E-state index in [9.17, 15) is 0 Å². The fraction of sp³-hybridized carbons (Fsp3) is 0.294. The third kappa shape index (κ3) is 4.54. The summed E-state index contributed by atoms with van der Waals surface area (Å²) in [5.74, 6) is 0. The first kappa shape index (κ1) is 33.5. The molecular formula is C51H51BN2. The average molecular weight is 703 g/mol. The summed E-state index contributed by atoms with van der Waals surface area (Å²) in [6.45, 7) is 21.5. The van der Waals surface area contributed by atoms with Gasteiger partial charge < -0.3 is 10.2 Å². The highest BCUT2D eigenvalue weighted by molar-refractivity contribution is 6.73. The van der Waals surface area contributed by atoms with Gasteiger partial charge in [-0.2, -0.15) is 0 Å². The van der Waals surface area contributed by atoms with Crippen molar-refractivity contribution >= 4 is 46.6 Å². The monoisotopic (exact) mass is 702 g/mol. The van der Waals surface area contributed by atoms with Gasteiger partial charge in [0, 0.05) is 39.0 Å². The highest BCUT2D eigenvalue weighted by Crippen LogP contribution is 2.56. The SMILES string of the molecule is Cc1cc(-c2ccc3c(c2Nc2ccc4c(c2)C(C)(C)CCC4(C)C)-c2ccccc2C3(C)C)c2c(c1)N1c3ccccc3C(C)(C)c3cccc(c31)B2. The van der Waals surface area contributed by atoms with Crippen LogP contribution < -0.4 is 21.1 Å². The van der Waals surface area contributed by atoms with Crippen molar-refractivity contribution in [1.82, 2.24) is 0 Å². The highest BCUT2D eigenvalue weighted by atomic mass is 15.2. The number of hydrogen-bond donors (Lipinski definition) is 1. The van der Waals surface area contributed by atoms with Crippen molar-refractivity contribution in [1.29, 1.82) is 0 Å². The fourth-order valence-electron chi connectivity index (χ4n) is 10.8. The lowest BCUT2D eigenvalue weighted by molar-refractivity contribution is 0.332. The second kappa shape index (κ2) is 11.0. The molecule has 0 spiro atoms. The summed E-state index contributed by atoms with van der Waals surface area (Å²) in [4.78, 5) is 2.59. The van der Waals surface area contributed by atoms with E-state index in [0.29, 0.717) is 0 Å². The summed E-state index contributed by atoms with van der Waals surface area (Å²) in [5.41, 5.74) is 24.3. The molecule has 10 rings (SSSR count). The third-order valence-corrected chi connectivity index (χ3v) is 14.0. The van der Waals surface area contributed by atoms with Crippen LogP contribution in [-0.4, -0.2) is 7.28 Å². The van der Waals surface area contributed by atoms with Crippen molar-refractivity contribution in [2.24, 2.45) is 0 Å². The van der Waals surface area contributed by atoms with Gasteiger partial charge in [0.15, 0.2) is 7.28 Å². The molecule has 2 heterocycles. The number of aryl methyl sites for hydroxylation is 1. The van der Waals surface area contributed by atoms with Gasteiger partial charge in [0.25, 0.3) is 0 Å². The van der Waals surface area contributed by atoms with Crippen LogP contribution in [0.2, 0.25) is 0 Å². The molecule has 3 heteroatoms. The molecule has 0 amide bonds. The summed E-state index contributed by atoms with van der Waals surface area (Å²) in [6.07, 6.45) is 2.41. The van der Waals surface area contributed by atoms with Crippen molar-refractivity contribution in [3.63, 3.8) is 0 Å². The lowest BCUT2D eigenvalue weighted by Gasteiger charge is -2.46. The molecule has 2 nitrogen and oxygen atoms in total. The number of rotatable bonds is 3. The Morgan fingerprint density at radius 1 is 0.537 bits per heavy atom. The Morgan fingerprint density at radius 2 is 1.20 bits per heavy atom. The minimum Gasteiger partial charge on any atom is -0.354 e. The maximum Gasteiger partial charge on any atom is 0.198 e. The van der Waals surface area contributed by atoms with Gasteiger partial charge in [-0.1, -0.05) is 146 Å². The zero-order valence-electron chi connectivity index (χ0n) is 33.5. The van der Waals surface area contributed by atoms with Crippen LogP contribution in [-0.2, 0) is 21.7 Å². The zero-order valence-corrected chi connectivity index (χ0v) is 33.5. The Kier molecular flexibility index (Phi) is 6.85. The molecule has 0 unspecified atom stereocenters. The number of nitrogens with zero attached hydrogens (tertiary/aromatic N) is 1. The van der Waals surface area contributed by atoms with Gasteiger partial charge in [0.1, 0.15) is 0 Å².